The molecule has 3 heterocycles. The number of hydrogen-bond donors (Lipinski definition) is 2. The lowest BCUT2D eigenvalue weighted by molar-refractivity contribution is -0.144. The smallest absolute Gasteiger partial charge is 0.417 e. The molecule has 0 radical (unpaired) electrons. The van der Waals surface area contributed by atoms with Crippen LogP contribution in [0.2, 0.25) is 0 Å². The second kappa shape index (κ2) is 22.4. The fourth-order valence-electron chi connectivity index (χ4n) is 8.82. The number of rotatable bonds is 18. The van der Waals surface area contributed by atoms with E-state index in [1.54, 1.807) is 53.2 Å². The van der Waals surface area contributed by atoms with Gasteiger partial charge in [-0.3, -0.25) is 24.1 Å². The van der Waals surface area contributed by atoms with E-state index in [0.29, 0.717) is 57.0 Å². The molecule has 2 N–H and O–H groups in total. The zero-order chi connectivity index (χ0) is 52.0. The number of aromatic nitrogens is 1. The van der Waals surface area contributed by atoms with E-state index >= 15 is 0 Å². The Bertz CT molecular complexity index is 2820. The molecule has 72 heavy (non-hydrogen) atoms. The highest BCUT2D eigenvalue weighted by molar-refractivity contribution is 7.81. The van der Waals surface area contributed by atoms with Gasteiger partial charge in [-0.1, -0.05) is 69.3 Å². The highest BCUT2D eigenvalue weighted by Crippen LogP contribution is 2.40. The van der Waals surface area contributed by atoms with E-state index in [4.69, 9.17) is 21.7 Å². The van der Waals surface area contributed by atoms with Crippen molar-refractivity contribution < 1.29 is 41.8 Å². The van der Waals surface area contributed by atoms with Crippen molar-refractivity contribution in [3.8, 4) is 33.4 Å². The Kier molecular flexibility index (Phi) is 16.5. The molecule has 1 aromatic heterocycles. The third kappa shape index (κ3) is 12.1. The van der Waals surface area contributed by atoms with Gasteiger partial charge in [0.15, 0.2) is 5.11 Å². The minimum absolute atomic E-state index is 0.0145. The second-order valence-electron chi connectivity index (χ2n) is 19.4. The van der Waals surface area contributed by atoms with Gasteiger partial charge < -0.3 is 29.9 Å². The monoisotopic (exact) mass is 1020 g/mol. The van der Waals surface area contributed by atoms with Gasteiger partial charge in [0, 0.05) is 25.4 Å². The third-order valence-electron chi connectivity index (χ3n) is 12.8. The number of carbonyl (C=O) groups excluding carboxylic acids is 4. The van der Waals surface area contributed by atoms with Gasteiger partial charge >= 0.3 is 6.18 Å². The third-order valence-corrected chi connectivity index (χ3v) is 14.1. The Morgan fingerprint density at radius 3 is 2.18 bits per heavy atom. The number of halogens is 3. The molecule has 1 unspecified atom stereocenters. The van der Waals surface area contributed by atoms with Gasteiger partial charge in [-0.05, 0) is 135 Å². The largest absolute Gasteiger partial charge is 0.494 e. The van der Waals surface area contributed by atoms with E-state index < -0.39 is 52.2 Å². The maximum Gasteiger partial charge on any atom is 0.417 e. The number of nitriles is 1. The molecule has 13 nitrogen and oxygen atoms in total. The van der Waals surface area contributed by atoms with E-state index in [9.17, 15) is 37.6 Å². The summed E-state index contributed by atoms with van der Waals surface area (Å²) in [5.74, 6) is -0.727. The summed E-state index contributed by atoms with van der Waals surface area (Å²) in [6.45, 7) is 12.3. The van der Waals surface area contributed by atoms with Crippen molar-refractivity contribution in [1.82, 2.24) is 20.5 Å². The Balaban J connectivity index is 0.816. The Morgan fingerprint density at radius 2 is 1.56 bits per heavy atom. The van der Waals surface area contributed by atoms with Crippen LogP contribution in [0.15, 0.2) is 96.5 Å². The number of amides is 4. The minimum Gasteiger partial charge on any atom is -0.494 e. The van der Waals surface area contributed by atoms with Crippen LogP contribution >= 0.6 is 23.6 Å². The highest BCUT2D eigenvalue weighted by atomic mass is 32.1. The van der Waals surface area contributed by atoms with Crippen molar-refractivity contribution in [2.75, 3.05) is 36.2 Å². The molecule has 0 spiro atoms. The number of thiocarbonyl (C=S) groups is 1. The molecule has 4 aromatic carbocycles. The molecule has 0 bridgehead atoms. The number of likely N-dealkylation sites (tertiary alicyclic amines) is 1. The van der Waals surface area contributed by atoms with Crippen LogP contribution in [-0.2, 0) is 36.6 Å². The summed E-state index contributed by atoms with van der Waals surface area (Å²) in [5.41, 5.74) is 3.58. The normalized spacial score (nSPS) is 16.2. The molecule has 2 saturated heterocycles. The van der Waals surface area contributed by atoms with Gasteiger partial charge in [-0.2, -0.15) is 18.4 Å². The first kappa shape index (κ1) is 53.1. The summed E-state index contributed by atoms with van der Waals surface area (Å²) in [6.07, 6.45) is -1.31. The lowest BCUT2D eigenvalue weighted by Gasteiger charge is -2.35. The van der Waals surface area contributed by atoms with Crippen molar-refractivity contribution in [3.05, 3.63) is 119 Å². The molecule has 2 atom stereocenters. The van der Waals surface area contributed by atoms with E-state index in [-0.39, 0.29) is 29.2 Å². The molecule has 18 heteroatoms. The van der Waals surface area contributed by atoms with Gasteiger partial charge in [-0.15, -0.1) is 11.3 Å². The molecule has 0 saturated carbocycles. The standard InChI is InChI=1S/C54H58F3N7O6S2/c1-34-46(72-33-60-34)38-14-12-35(13-15-38)31-59-48(66)44-11-10-26-62(44)49(67)47(52(2,3)4)61-45(65)32-69-27-8-7-9-28-70-42-24-19-37(20-25-42)36-16-21-40(22-17-36)64-51(71)63(50(68)53(64,5)6)41-23-18-39(30-58)43(29-41)54(55,56)57/h12-25,29,33,44,47H,7-11,26-28,31-32H2,1-6H3,(H,59,66)(H,61,65)/t44-,47?/m0/s1. The molecule has 2 aliphatic heterocycles. The van der Waals surface area contributed by atoms with E-state index in [1.807, 2.05) is 93.9 Å². The first-order valence-corrected chi connectivity index (χ1v) is 25.1. The van der Waals surface area contributed by atoms with Crippen LogP contribution in [-0.4, -0.2) is 82.6 Å². The van der Waals surface area contributed by atoms with Crippen molar-refractivity contribution in [2.45, 2.75) is 104 Å². The number of hydrogen-bond acceptors (Lipinski definition) is 10. The Hall–Kier alpha value is -6.68. The molecular weight excluding hydrogens is 964 g/mol. The number of alkyl halides is 3. The van der Waals surface area contributed by atoms with Crippen molar-refractivity contribution in [3.63, 3.8) is 0 Å². The summed E-state index contributed by atoms with van der Waals surface area (Å²) >= 11 is 7.26. The quantitative estimate of drug-likeness (QED) is 0.0640. The van der Waals surface area contributed by atoms with Crippen LogP contribution < -0.4 is 25.2 Å². The summed E-state index contributed by atoms with van der Waals surface area (Å²) < 4.78 is 53.0. The lowest BCUT2D eigenvalue weighted by Crippen LogP contribution is -2.58. The molecule has 4 amide bonds. The fourth-order valence-corrected chi connectivity index (χ4v) is 10.2. The molecule has 0 aliphatic carbocycles. The molecule has 2 aliphatic rings. The van der Waals surface area contributed by atoms with Gasteiger partial charge in [0.1, 0.15) is 30.0 Å². The van der Waals surface area contributed by atoms with Gasteiger partial charge in [0.2, 0.25) is 17.7 Å². The Morgan fingerprint density at radius 1 is 0.917 bits per heavy atom. The summed E-state index contributed by atoms with van der Waals surface area (Å²) in [5, 5.41) is 15.1. The average Bonchev–Trinajstić information content (AvgIpc) is 4.06. The van der Waals surface area contributed by atoms with Gasteiger partial charge in [-0.25, -0.2) is 4.98 Å². The highest BCUT2D eigenvalue weighted by Gasteiger charge is 2.51. The van der Waals surface area contributed by atoms with Crippen LogP contribution in [0.4, 0.5) is 24.5 Å². The van der Waals surface area contributed by atoms with E-state index in [0.717, 1.165) is 62.7 Å². The van der Waals surface area contributed by atoms with Gasteiger partial charge in [0.05, 0.1) is 45.6 Å². The predicted molar refractivity (Wildman–Crippen MR) is 275 cm³/mol. The number of aryl methyl sites for hydroxylation is 1. The lowest BCUT2D eigenvalue weighted by atomic mass is 9.85. The molecule has 7 rings (SSSR count). The zero-order valence-corrected chi connectivity index (χ0v) is 42.7. The van der Waals surface area contributed by atoms with E-state index in [2.05, 4.69) is 15.6 Å². The minimum atomic E-state index is -4.80. The SMILES string of the molecule is Cc1ncsc1-c1ccc(CNC(=O)[C@@H]2CCCN2C(=O)C(NC(=O)COCCCCCOc2ccc(-c3ccc(N4C(=S)N(c5ccc(C#N)c(C(F)(F)F)c5)C(=O)C4(C)C)cc3)cc2)C(C)(C)C)cc1. The first-order chi connectivity index (χ1) is 34.2. The van der Waals surface area contributed by atoms with Gasteiger partial charge in [0.25, 0.3) is 5.91 Å². The summed E-state index contributed by atoms with van der Waals surface area (Å²) in [4.78, 5) is 63.8. The fraction of sp³-hybridized carbons (Fsp3) is 0.389. The van der Waals surface area contributed by atoms with Crippen LogP contribution in [0.1, 0.15) is 89.1 Å². The van der Waals surface area contributed by atoms with Crippen LogP contribution in [0.25, 0.3) is 21.6 Å². The second-order valence-corrected chi connectivity index (χ2v) is 20.6. The number of unbranched alkanes of at least 4 members (excludes halogenated alkanes) is 2. The van der Waals surface area contributed by atoms with Crippen LogP contribution in [0.5, 0.6) is 5.75 Å². The van der Waals surface area contributed by atoms with Crippen molar-refractivity contribution >= 4 is 63.7 Å². The number of nitrogens with zero attached hydrogens (tertiary/aromatic N) is 5. The number of anilines is 2. The summed E-state index contributed by atoms with van der Waals surface area (Å²) in [7, 11) is 0. The van der Waals surface area contributed by atoms with Crippen molar-refractivity contribution in [2.24, 2.45) is 5.41 Å². The van der Waals surface area contributed by atoms with Crippen molar-refractivity contribution in [1.29, 1.82) is 5.26 Å². The van der Waals surface area contributed by atoms with Crippen LogP contribution in [0, 0.1) is 23.7 Å². The number of nitrogens with one attached hydrogen (secondary N) is 2. The number of thiazole rings is 1. The van der Waals surface area contributed by atoms with Crippen LogP contribution in [0.3, 0.4) is 0 Å². The maximum atomic E-state index is 14.0. The zero-order valence-electron chi connectivity index (χ0n) is 41.1. The maximum absolute atomic E-state index is 14.0. The molecule has 378 valence electrons. The number of ether oxygens (including phenoxy) is 2. The Labute approximate surface area is 427 Å². The molecule has 2 fully saturated rings. The topological polar surface area (TPSA) is 157 Å². The molecule has 5 aromatic rings. The number of benzene rings is 4. The first-order valence-electron chi connectivity index (χ1n) is 23.8. The predicted octanol–water partition coefficient (Wildman–Crippen LogP) is 10.00. The molecular formula is C54H58F3N7O6S2. The summed E-state index contributed by atoms with van der Waals surface area (Å²) in [6, 6.07) is 26.1. The number of carbonyl (C=O) groups is 4. The average molecular weight is 1020 g/mol. The van der Waals surface area contributed by atoms with E-state index in [1.165, 1.54) is 6.07 Å².